The van der Waals surface area contributed by atoms with E-state index in [0.29, 0.717) is 17.7 Å². The van der Waals surface area contributed by atoms with Crippen LogP contribution < -0.4 is 20.7 Å². The van der Waals surface area contributed by atoms with E-state index in [1.54, 1.807) is 31.4 Å². The second-order valence-corrected chi connectivity index (χ2v) is 10.4. The lowest BCUT2D eigenvalue weighted by Crippen LogP contribution is -2.55. The Balaban J connectivity index is 1.48. The molecule has 0 aliphatic heterocycles. The molecular formula is C36H37N3O6. The van der Waals surface area contributed by atoms with Crippen LogP contribution >= 0.6 is 0 Å². The minimum Gasteiger partial charge on any atom is -0.497 e. The Bertz CT molecular complexity index is 1530. The van der Waals surface area contributed by atoms with Gasteiger partial charge in [0.25, 0.3) is 5.91 Å². The van der Waals surface area contributed by atoms with E-state index in [-0.39, 0.29) is 26.0 Å². The minimum atomic E-state index is -1.19. The number of Topliss-reactive ketones (excluding diaryl/α,β-unsaturated/α-hetero) is 1. The summed E-state index contributed by atoms with van der Waals surface area (Å²) in [4.78, 5) is 52.9. The van der Waals surface area contributed by atoms with Crippen LogP contribution in [0.2, 0.25) is 0 Å². The maximum atomic E-state index is 13.7. The minimum absolute atomic E-state index is 0.0219. The summed E-state index contributed by atoms with van der Waals surface area (Å²) in [6.45, 7) is 0.275. The van der Waals surface area contributed by atoms with Crippen LogP contribution in [0.4, 0.5) is 4.79 Å². The van der Waals surface area contributed by atoms with Crippen LogP contribution in [-0.2, 0) is 45.0 Å². The van der Waals surface area contributed by atoms with E-state index in [9.17, 15) is 19.2 Å². The highest BCUT2D eigenvalue weighted by atomic mass is 16.5. The number of methoxy groups -OCH3 is 1. The van der Waals surface area contributed by atoms with Crippen molar-refractivity contribution in [1.82, 2.24) is 16.0 Å². The molecule has 0 spiro atoms. The summed E-state index contributed by atoms with van der Waals surface area (Å²) >= 11 is 0. The lowest BCUT2D eigenvalue weighted by Gasteiger charge is -2.23. The second-order valence-electron chi connectivity index (χ2n) is 10.4. The average Bonchev–Trinajstić information content (AvgIpc) is 3.08. The fraction of sp³-hybridized carbons (Fsp3) is 0.222. The number of rotatable bonds is 15. The molecule has 2 atom stereocenters. The molecule has 0 saturated heterocycles. The summed E-state index contributed by atoms with van der Waals surface area (Å²) < 4.78 is 10.6. The normalized spacial score (nSPS) is 11.8. The summed E-state index contributed by atoms with van der Waals surface area (Å²) in [5.74, 6) is -1.60. The summed E-state index contributed by atoms with van der Waals surface area (Å²) in [6.07, 6.45) is -0.0489. The average molecular weight is 608 g/mol. The number of ether oxygens (including phenoxy) is 2. The molecule has 232 valence electrons. The van der Waals surface area contributed by atoms with Gasteiger partial charge in [-0.25, -0.2) is 4.79 Å². The highest BCUT2D eigenvalue weighted by Crippen LogP contribution is 2.14. The van der Waals surface area contributed by atoms with Gasteiger partial charge in [0.15, 0.2) is 0 Å². The van der Waals surface area contributed by atoms with Crippen LogP contribution in [0.15, 0.2) is 115 Å². The third-order valence-electron chi connectivity index (χ3n) is 7.10. The van der Waals surface area contributed by atoms with E-state index in [2.05, 4.69) is 16.0 Å². The summed E-state index contributed by atoms with van der Waals surface area (Å²) in [5.41, 5.74) is 3.31. The number of hydrogen-bond acceptors (Lipinski definition) is 6. The molecule has 4 aromatic rings. The fourth-order valence-corrected chi connectivity index (χ4v) is 4.66. The van der Waals surface area contributed by atoms with Gasteiger partial charge in [-0.05, 0) is 40.8 Å². The summed E-state index contributed by atoms with van der Waals surface area (Å²) in [5, 5.41) is 8.04. The van der Waals surface area contributed by atoms with Gasteiger partial charge >= 0.3 is 6.09 Å². The van der Waals surface area contributed by atoms with Crippen molar-refractivity contribution in [2.45, 2.75) is 38.0 Å². The maximum absolute atomic E-state index is 13.7. The first kappa shape index (κ1) is 32.5. The standard InChI is InChI=1S/C36H37N3O6/c1-44-30-19-17-28(18-20-30)23-31(33(40)35(42)37-22-21-26-11-5-2-6-12-26)38-34(41)32(24-27-13-7-3-8-14-27)39-36(43)45-25-29-15-9-4-10-16-29/h2-20,31-32H,21-25H2,1H3,(H,37,42)(H,38,41)(H,39,43)/t31?,32-/m0/s1. The van der Waals surface area contributed by atoms with Gasteiger partial charge in [0.2, 0.25) is 11.7 Å². The smallest absolute Gasteiger partial charge is 0.408 e. The summed E-state index contributed by atoms with van der Waals surface area (Å²) in [6, 6.07) is 32.6. The molecule has 4 aromatic carbocycles. The van der Waals surface area contributed by atoms with Crippen LogP contribution in [0.5, 0.6) is 5.75 Å². The maximum Gasteiger partial charge on any atom is 0.408 e. The Morgan fingerprint density at radius 1 is 0.622 bits per heavy atom. The number of nitrogens with one attached hydrogen (secondary N) is 3. The molecule has 0 saturated carbocycles. The van der Waals surface area contributed by atoms with Gasteiger partial charge in [-0.1, -0.05) is 103 Å². The van der Waals surface area contributed by atoms with Crippen LogP contribution in [0.1, 0.15) is 22.3 Å². The molecule has 9 nitrogen and oxygen atoms in total. The first-order valence-corrected chi connectivity index (χ1v) is 14.7. The third-order valence-corrected chi connectivity index (χ3v) is 7.10. The van der Waals surface area contributed by atoms with Crippen molar-refractivity contribution in [3.8, 4) is 5.75 Å². The molecule has 3 amide bonds. The lowest BCUT2D eigenvalue weighted by atomic mass is 10.00. The monoisotopic (exact) mass is 607 g/mol. The number of carbonyl (C=O) groups excluding carboxylic acids is 4. The van der Waals surface area contributed by atoms with Gasteiger partial charge in [-0.3, -0.25) is 14.4 Å². The Morgan fingerprint density at radius 3 is 1.76 bits per heavy atom. The molecule has 0 fully saturated rings. The SMILES string of the molecule is COc1ccc(CC(NC(=O)[C@H](Cc2ccccc2)NC(=O)OCc2ccccc2)C(=O)C(=O)NCCc2ccccc2)cc1. The van der Waals surface area contributed by atoms with Gasteiger partial charge < -0.3 is 25.4 Å². The molecule has 0 heterocycles. The zero-order chi connectivity index (χ0) is 31.9. The van der Waals surface area contributed by atoms with E-state index in [1.165, 1.54) is 0 Å². The largest absolute Gasteiger partial charge is 0.497 e. The van der Waals surface area contributed by atoms with E-state index < -0.39 is 35.8 Å². The van der Waals surface area contributed by atoms with Crippen molar-refractivity contribution < 1.29 is 28.7 Å². The first-order valence-electron chi connectivity index (χ1n) is 14.7. The predicted octanol–water partition coefficient (Wildman–Crippen LogP) is 4.19. The molecule has 0 aliphatic rings. The second kappa shape index (κ2) is 17.0. The molecule has 0 aliphatic carbocycles. The zero-order valence-electron chi connectivity index (χ0n) is 25.1. The number of benzene rings is 4. The van der Waals surface area contributed by atoms with Crippen molar-refractivity contribution in [2.75, 3.05) is 13.7 Å². The van der Waals surface area contributed by atoms with Gasteiger partial charge in [-0.15, -0.1) is 0 Å². The Labute approximate surface area is 263 Å². The molecule has 45 heavy (non-hydrogen) atoms. The van der Waals surface area contributed by atoms with Crippen LogP contribution in [0.3, 0.4) is 0 Å². The number of hydrogen-bond donors (Lipinski definition) is 3. The van der Waals surface area contributed by atoms with Crippen LogP contribution in [0, 0.1) is 0 Å². The molecule has 9 heteroatoms. The molecule has 0 radical (unpaired) electrons. The van der Waals surface area contributed by atoms with Gasteiger partial charge in [0, 0.05) is 19.4 Å². The lowest BCUT2D eigenvalue weighted by molar-refractivity contribution is -0.140. The van der Waals surface area contributed by atoms with Gasteiger partial charge in [0.05, 0.1) is 7.11 Å². The van der Waals surface area contributed by atoms with Crippen LogP contribution in [0.25, 0.3) is 0 Å². The van der Waals surface area contributed by atoms with E-state index in [4.69, 9.17) is 9.47 Å². The molecule has 1 unspecified atom stereocenters. The topological polar surface area (TPSA) is 123 Å². The molecule has 0 bridgehead atoms. The van der Waals surface area contributed by atoms with Gasteiger partial charge in [0.1, 0.15) is 24.4 Å². The predicted molar refractivity (Wildman–Crippen MR) is 170 cm³/mol. The van der Waals surface area contributed by atoms with E-state index in [0.717, 1.165) is 16.7 Å². The number of ketones is 1. The third kappa shape index (κ3) is 10.7. The highest BCUT2D eigenvalue weighted by molar-refractivity contribution is 6.38. The van der Waals surface area contributed by atoms with Crippen molar-refractivity contribution >= 4 is 23.7 Å². The van der Waals surface area contributed by atoms with Gasteiger partial charge in [-0.2, -0.15) is 0 Å². The van der Waals surface area contributed by atoms with Crippen molar-refractivity contribution in [3.63, 3.8) is 0 Å². The highest BCUT2D eigenvalue weighted by Gasteiger charge is 2.31. The quantitative estimate of drug-likeness (QED) is 0.174. The molecule has 0 aromatic heterocycles. The number of carbonyl (C=O) groups is 4. The fourth-order valence-electron chi connectivity index (χ4n) is 4.66. The molecular weight excluding hydrogens is 570 g/mol. The summed E-state index contributed by atoms with van der Waals surface area (Å²) in [7, 11) is 1.55. The van der Waals surface area contributed by atoms with Crippen molar-refractivity contribution in [2.24, 2.45) is 0 Å². The zero-order valence-corrected chi connectivity index (χ0v) is 25.1. The first-order chi connectivity index (χ1) is 21.9. The van der Waals surface area contributed by atoms with Crippen molar-refractivity contribution in [3.05, 3.63) is 138 Å². The van der Waals surface area contributed by atoms with E-state index >= 15 is 0 Å². The number of alkyl carbamates (subject to hydrolysis) is 1. The Morgan fingerprint density at radius 2 is 1.16 bits per heavy atom. The Hall–Kier alpha value is -5.44. The number of amides is 3. The molecule has 4 rings (SSSR count). The van der Waals surface area contributed by atoms with Crippen LogP contribution in [-0.4, -0.2) is 49.4 Å². The van der Waals surface area contributed by atoms with Crippen molar-refractivity contribution in [1.29, 1.82) is 0 Å². The van der Waals surface area contributed by atoms with E-state index in [1.807, 2.05) is 91.0 Å². The Kier molecular flexibility index (Phi) is 12.3. The molecule has 3 N–H and O–H groups in total.